The van der Waals surface area contributed by atoms with E-state index in [0.29, 0.717) is 17.6 Å². The summed E-state index contributed by atoms with van der Waals surface area (Å²) in [4.78, 5) is 16.9. The lowest BCUT2D eigenvalue weighted by Gasteiger charge is -2.19. The second-order valence-corrected chi connectivity index (χ2v) is 5.88. The minimum Gasteiger partial charge on any atom is -0.306 e. The SMILES string of the molecule is CC(C)Cn1c(C(C)C)c(Cl)nc(-n2cccn2)c1=O. The van der Waals surface area contributed by atoms with Gasteiger partial charge < -0.3 is 4.57 Å². The number of hydrogen-bond acceptors (Lipinski definition) is 3. The van der Waals surface area contributed by atoms with E-state index in [9.17, 15) is 4.79 Å². The summed E-state index contributed by atoms with van der Waals surface area (Å²) in [6, 6.07) is 1.75. The second-order valence-electron chi connectivity index (χ2n) is 5.53. The van der Waals surface area contributed by atoms with Gasteiger partial charge in [0.2, 0.25) is 5.82 Å². The van der Waals surface area contributed by atoms with Gasteiger partial charge in [0.15, 0.2) is 5.15 Å². The highest BCUT2D eigenvalue weighted by atomic mass is 35.5. The Hall–Kier alpha value is -1.62. The van der Waals surface area contributed by atoms with Gasteiger partial charge in [0.25, 0.3) is 5.56 Å². The average molecular weight is 295 g/mol. The van der Waals surface area contributed by atoms with Crippen molar-refractivity contribution in [1.29, 1.82) is 0 Å². The van der Waals surface area contributed by atoms with Crippen molar-refractivity contribution < 1.29 is 0 Å². The van der Waals surface area contributed by atoms with Crippen molar-refractivity contribution >= 4 is 11.6 Å². The van der Waals surface area contributed by atoms with Crippen molar-refractivity contribution in [1.82, 2.24) is 19.3 Å². The van der Waals surface area contributed by atoms with E-state index in [-0.39, 0.29) is 17.3 Å². The van der Waals surface area contributed by atoms with Crippen molar-refractivity contribution in [3.05, 3.63) is 39.7 Å². The molecule has 0 atom stereocenters. The minimum atomic E-state index is -0.157. The molecule has 0 aliphatic carbocycles. The lowest BCUT2D eigenvalue weighted by molar-refractivity contribution is 0.482. The monoisotopic (exact) mass is 294 g/mol. The fourth-order valence-electron chi connectivity index (χ4n) is 2.18. The maximum absolute atomic E-state index is 12.7. The van der Waals surface area contributed by atoms with Gasteiger partial charge in [-0.15, -0.1) is 0 Å². The molecule has 0 N–H and O–H groups in total. The molecule has 108 valence electrons. The molecule has 0 saturated carbocycles. The quantitative estimate of drug-likeness (QED) is 0.871. The van der Waals surface area contributed by atoms with E-state index in [1.807, 2.05) is 13.8 Å². The van der Waals surface area contributed by atoms with E-state index in [0.717, 1.165) is 5.69 Å². The average Bonchev–Trinajstić information content (AvgIpc) is 2.85. The van der Waals surface area contributed by atoms with Gasteiger partial charge in [-0.25, -0.2) is 9.67 Å². The highest BCUT2D eigenvalue weighted by Crippen LogP contribution is 2.22. The molecule has 20 heavy (non-hydrogen) atoms. The molecule has 6 heteroatoms. The van der Waals surface area contributed by atoms with Gasteiger partial charge in [0, 0.05) is 18.9 Å². The molecule has 2 aromatic rings. The van der Waals surface area contributed by atoms with Gasteiger partial charge in [-0.2, -0.15) is 5.10 Å². The van der Waals surface area contributed by atoms with Gasteiger partial charge in [-0.1, -0.05) is 39.3 Å². The summed E-state index contributed by atoms with van der Waals surface area (Å²) in [6.45, 7) is 8.76. The van der Waals surface area contributed by atoms with Crippen molar-refractivity contribution in [3.63, 3.8) is 0 Å². The normalized spacial score (nSPS) is 11.6. The van der Waals surface area contributed by atoms with Crippen molar-refractivity contribution in [2.45, 2.75) is 40.2 Å². The van der Waals surface area contributed by atoms with Gasteiger partial charge in [-0.3, -0.25) is 4.79 Å². The number of rotatable bonds is 4. The summed E-state index contributed by atoms with van der Waals surface area (Å²) in [5.41, 5.74) is 0.622. The third-order valence-electron chi connectivity index (χ3n) is 2.96. The highest BCUT2D eigenvalue weighted by molar-refractivity contribution is 6.30. The largest absolute Gasteiger partial charge is 0.306 e. The van der Waals surface area contributed by atoms with Crippen LogP contribution in [0.4, 0.5) is 0 Å². The minimum absolute atomic E-state index is 0.133. The fourth-order valence-corrected chi connectivity index (χ4v) is 2.58. The second kappa shape index (κ2) is 5.79. The van der Waals surface area contributed by atoms with Gasteiger partial charge >= 0.3 is 0 Å². The standard InChI is InChI=1S/C14H19ClN4O/c1-9(2)8-18-11(10(3)4)12(15)17-13(14(18)20)19-7-5-6-16-19/h5-7,9-10H,8H2,1-4H3. The Morgan fingerprint density at radius 1 is 1.30 bits per heavy atom. The molecule has 2 rings (SSSR count). The summed E-state index contributed by atoms with van der Waals surface area (Å²) in [5, 5.41) is 4.43. The first kappa shape index (κ1) is 14.8. The summed E-state index contributed by atoms with van der Waals surface area (Å²) in [6.07, 6.45) is 3.30. The van der Waals surface area contributed by atoms with E-state index in [4.69, 9.17) is 11.6 Å². The van der Waals surface area contributed by atoms with Crippen LogP contribution in [0.15, 0.2) is 23.3 Å². The number of halogens is 1. The lowest BCUT2D eigenvalue weighted by Crippen LogP contribution is -2.31. The molecule has 5 nitrogen and oxygen atoms in total. The zero-order valence-electron chi connectivity index (χ0n) is 12.2. The number of nitrogens with zero attached hydrogens (tertiary/aromatic N) is 4. The molecule has 0 aliphatic rings. The summed E-state index contributed by atoms with van der Waals surface area (Å²) < 4.78 is 3.18. The molecule has 0 radical (unpaired) electrons. The molecular weight excluding hydrogens is 276 g/mol. The molecule has 0 amide bonds. The maximum Gasteiger partial charge on any atom is 0.296 e. The lowest BCUT2D eigenvalue weighted by atomic mass is 10.1. The smallest absolute Gasteiger partial charge is 0.296 e. The zero-order valence-corrected chi connectivity index (χ0v) is 12.9. The summed E-state index contributed by atoms with van der Waals surface area (Å²) >= 11 is 6.29. The van der Waals surface area contributed by atoms with Gasteiger partial charge in [0.05, 0.1) is 5.69 Å². The van der Waals surface area contributed by atoms with Crippen LogP contribution in [0, 0.1) is 5.92 Å². The molecule has 0 spiro atoms. The van der Waals surface area contributed by atoms with Gasteiger partial charge in [0.1, 0.15) is 0 Å². The number of hydrogen-bond donors (Lipinski definition) is 0. The Kier molecular flexibility index (Phi) is 4.28. The maximum atomic E-state index is 12.7. The molecule has 0 aromatic carbocycles. The predicted octanol–water partition coefficient (Wildman–Crippen LogP) is 2.86. The molecule has 2 aromatic heterocycles. The molecule has 0 bridgehead atoms. The summed E-state index contributed by atoms with van der Waals surface area (Å²) in [7, 11) is 0. The summed E-state index contributed by atoms with van der Waals surface area (Å²) in [5.74, 6) is 0.715. The first-order valence-corrected chi connectivity index (χ1v) is 7.09. The first-order chi connectivity index (χ1) is 9.41. The Balaban J connectivity index is 2.70. The van der Waals surface area contributed by atoms with E-state index in [1.54, 1.807) is 23.0 Å². The zero-order chi connectivity index (χ0) is 14.9. The Morgan fingerprint density at radius 2 is 2.00 bits per heavy atom. The highest BCUT2D eigenvalue weighted by Gasteiger charge is 2.19. The molecule has 0 fully saturated rings. The Morgan fingerprint density at radius 3 is 2.50 bits per heavy atom. The van der Waals surface area contributed by atoms with Crippen molar-refractivity contribution in [2.75, 3.05) is 0 Å². The van der Waals surface area contributed by atoms with Crippen LogP contribution in [0.25, 0.3) is 5.82 Å². The van der Waals surface area contributed by atoms with Crippen LogP contribution in [-0.4, -0.2) is 19.3 Å². The topological polar surface area (TPSA) is 52.7 Å². The Labute approximate surface area is 123 Å². The number of aromatic nitrogens is 4. The van der Waals surface area contributed by atoms with Crippen LogP contribution in [0.2, 0.25) is 5.15 Å². The molecule has 0 unspecified atom stereocenters. The van der Waals surface area contributed by atoms with Crippen molar-refractivity contribution in [2.24, 2.45) is 5.92 Å². The van der Waals surface area contributed by atoms with Crippen LogP contribution < -0.4 is 5.56 Å². The third-order valence-corrected chi connectivity index (χ3v) is 3.24. The van der Waals surface area contributed by atoms with E-state index in [2.05, 4.69) is 23.9 Å². The van der Waals surface area contributed by atoms with Crippen LogP contribution in [0.5, 0.6) is 0 Å². The van der Waals surface area contributed by atoms with Crippen LogP contribution in [0.3, 0.4) is 0 Å². The molecule has 2 heterocycles. The van der Waals surface area contributed by atoms with Crippen molar-refractivity contribution in [3.8, 4) is 5.82 Å². The third kappa shape index (κ3) is 2.77. The first-order valence-electron chi connectivity index (χ1n) is 6.72. The predicted molar refractivity (Wildman–Crippen MR) is 79.6 cm³/mol. The van der Waals surface area contributed by atoms with Crippen LogP contribution in [0.1, 0.15) is 39.3 Å². The molecular formula is C14H19ClN4O. The van der Waals surface area contributed by atoms with E-state index in [1.165, 1.54) is 4.68 Å². The van der Waals surface area contributed by atoms with E-state index >= 15 is 0 Å². The molecule has 0 saturated heterocycles. The van der Waals surface area contributed by atoms with Crippen LogP contribution in [-0.2, 0) is 6.54 Å². The molecule has 0 aliphatic heterocycles. The van der Waals surface area contributed by atoms with Gasteiger partial charge in [-0.05, 0) is 17.9 Å². The Bertz CT molecular complexity index is 644. The fraction of sp³-hybridized carbons (Fsp3) is 0.500. The van der Waals surface area contributed by atoms with E-state index < -0.39 is 0 Å². The van der Waals surface area contributed by atoms with Crippen LogP contribution >= 0.6 is 11.6 Å².